The first-order chi connectivity index (χ1) is 10.6. The molecule has 0 bridgehead atoms. The molecule has 0 aliphatic heterocycles. The van der Waals surface area contributed by atoms with Crippen LogP contribution in [0, 0.1) is 10.1 Å². The van der Waals surface area contributed by atoms with Crippen molar-refractivity contribution >= 4 is 29.0 Å². The molecule has 114 valence electrons. The molecule has 1 aliphatic rings. The quantitative estimate of drug-likeness (QED) is 0.488. The summed E-state index contributed by atoms with van der Waals surface area (Å²) in [6.07, 6.45) is 2.11. The lowest BCUT2D eigenvalue weighted by atomic mass is 10.3. The van der Waals surface area contributed by atoms with Crippen molar-refractivity contribution in [2.24, 2.45) is 0 Å². The summed E-state index contributed by atoms with van der Waals surface area (Å²) >= 11 is 1.24. The molecule has 0 spiro atoms. The van der Waals surface area contributed by atoms with E-state index in [1.807, 2.05) is 0 Å². The van der Waals surface area contributed by atoms with Gasteiger partial charge in [-0.1, -0.05) is 17.8 Å². The zero-order chi connectivity index (χ0) is 15.5. The van der Waals surface area contributed by atoms with Gasteiger partial charge in [-0.2, -0.15) is 0 Å². The molecular weight excluding hydrogens is 308 g/mol. The second-order valence-corrected chi connectivity index (χ2v) is 5.72. The van der Waals surface area contributed by atoms with E-state index in [0.717, 1.165) is 12.8 Å². The average molecular weight is 320 g/mol. The number of thioether (sulfide) groups is 1. The Hall–Kier alpha value is -2.49. The third-order valence-electron chi connectivity index (χ3n) is 3.03. The van der Waals surface area contributed by atoms with E-state index in [2.05, 4.69) is 20.8 Å². The maximum absolute atomic E-state index is 11.9. The van der Waals surface area contributed by atoms with E-state index in [1.165, 1.54) is 30.0 Å². The van der Waals surface area contributed by atoms with Crippen LogP contribution in [-0.4, -0.2) is 36.8 Å². The SMILES string of the molecule is O=C(CSc1nnnn1C1CC1)Nc1cccc([N+](=O)[O-])c1. The molecule has 1 aliphatic carbocycles. The summed E-state index contributed by atoms with van der Waals surface area (Å²) in [5.41, 5.74) is 0.324. The summed E-state index contributed by atoms with van der Waals surface area (Å²) in [4.78, 5) is 22.1. The van der Waals surface area contributed by atoms with Crippen LogP contribution in [0.5, 0.6) is 0 Å². The van der Waals surface area contributed by atoms with Crippen LogP contribution in [0.15, 0.2) is 29.4 Å². The van der Waals surface area contributed by atoms with Gasteiger partial charge >= 0.3 is 0 Å². The maximum atomic E-state index is 11.9. The highest BCUT2D eigenvalue weighted by atomic mass is 32.2. The first-order valence-corrected chi connectivity index (χ1v) is 7.57. The Morgan fingerprint density at radius 3 is 3.05 bits per heavy atom. The van der Waals surface area contributed by atoms with Gasteiger partial charge < -0.3 is 5.32 Å². The summed E-state index contributed by atoms with van der Waals surface area (Å²) < 4.78 is 1.73. The number of carbonyl (C=O) groups excluding carboxylic acids is 1. The lowest BCUT2D eigenvalue weighted by Crippen LogP contribution is -2.14. The number of nitrogens with one attached hydrogen (secondary N) is 1. The Morgan fingerprint density at radius 1 is 1.50 bits per heavy atom. The van der Waals surface area contributed by atoms with Gasteiger partial charge in [-0.05, 0) is 29.3 Å². The molecule has 1 amide bonds. The van der Waals surface area contributed by atoms with Crippen molar-refractivity contribution in [3.8, 4) is 0 Å². The van der Waals surface area contributed by atoms with Crippen LogP contribution >= 0.6 is 11.8 Å². The van der Waals surface area contributed by atoms with Crippen LogP contribution in [0.1, 0.15) is 18.9 Å². The third kappa shape index (κ3) is 3.39. The number of carbonyl (C=O) groups is 1. The number of tetrazole rings is 1. The Kier molecular flexibility index (Phi) is 4.00. The number of benzene rings is 1. The number of rotatable bonds is 6. The zero-order valence-electron chi connectivity index (χ0n) is 11.4. The minimum atomic E-state index is -0.506. The number of aromatic nitrogens is 4. The highest BCUT2D eigenvalue weighted by Gasteiger charge is 2.28. The van der Waals surface area contributed by atoms with Gasteiger partial charge in [0.1, 0.15) is 0 Å². The molecule has 9 nitrogen and oxygen atoms in total. The number of anilines is 1. The topological polar surface area (TPSA) is 116 Å². The first-order valence-electron chi connectivity index (χ1n) is 6.58. The number of hydrogen-bond acceptors (Lipinski definition) is 7. The third-order valence-corrected chi connectivity index (χ3v) is 3.96. The Labute approximate surface area is 129 Å². The number of non-ortho nitro benzene ring substituents is 1. The number of nitro groups is 1. The van der Waals surface area contributed by atoms with Crippen LogP contribution in [0.2, 0.25) is 0 Å². The highest BCUT2D eigenvalue weighted by molar-refractivity contribution is 7.99. The predicted octanol–water partition coefficient (Wildman–Crippen LogP) is 1.65. The van der Waals surface area contributed by atoms with Crippen molar-refractivity contribution in [2.75, 3.05) is 11.1 Å². The molecular formula is C12H12N6O3S. The normalized spacial score (nSPS) is 13.8. The fraction of sp³-hybridized carbons (Fsp3) is 0.333. The van der Waals surface area contributed by atoms with E-state index in [9.17, 15) is 14.9 Å². The number of hydrogen-bond donors (Lipinski definition) is 1. The molecule has 1 N–H and O–H groups in total. The predicted molar refractivity (Wildman–Crippen MR) is 78.5 cm³/mol. The molecule has 0 radical (unpaired) electrons. The minimum Gasteiger partial charge on any atom is -0.325 e. The second kappa shape index (κ2) is 6.10. The molecule has 10 heteroatoms. The maximum Gasteiger partial charge on any atom is 0.271 e. The molecule has 0 atom stereocenters. The van der Waals surface area contributed by atoms with Gasteiger partial charge in [0.05, 0.1) is 16.7 Å². The van der Waals surface area contributed by atoms with E-state index in [4.69, 9.17) is 0 Å². The summed E-state index contributed by atoms with van der Waals surface area (Å²) in [7, 11) is 0. The van der Waals surface area contributed by atoms with E-state index < -0.39 is 4.92 Å². The number of nitro benzene ring substituents is 1. The first kappa shape index (κ1) is 14.4. The van der Waals surface area contributed by atoms with Gasteiger partial charge in [0.2, 0.25) is 11.1 Å². The van der Waals surface area contributed by atoms with Crippen molar-refractivity contribution in [3.05, 3.63) is 34.4 Å². The van der Waals surface area contributed by atoms with Crippen molar-refractivity contribution in [2.45, 2.75) is 24.0 Å². The monoisotopic (exact) mass is 320 g/mol. The fourth-order valence-corrected chi connectivity index (χ4v) is 2.60. The van der Waals surface area contributed by atoms with Gasteiger partial charge in [0.15, 0.2) is 0 Å². The summed E-state index contributed by atoms with van der Waals surface area (Å²) in [5.74, 6) is -0.133. The number of nitrogens with zero attached hydrogens (tertiary/aromatic N) is 5. The lowest BCUT2D eigenvalue weighted by molar-refractivity contribution is -0.384. The average Bonchev–Trinajstić information content (AvgIpc) is 3.24. The van der Waals surface area contributed by atoms with E-state index in [1.54, 1.807) is 10.7 Å². The smallest absolute Gasteiger partial charge is 0.271 e. The van der Waals surface area contributed by atoms with E-state index in [0.29, 0.717) is 16.9 Å². The molecule has 2 aromatic rings. The molecule has 0 saturated heterocycles. The van der Waals surface area contributed by atoms with Crippen LogP contribution in [0.4, 0.5) is 11.4 Å². The summed E-state index contributed by atoms with van der Waals surface area (Å²) in [6, 6.07) is 6.15. The van der Waals surface area contributed by atoms with Gasteiger partial charge in [0, 0.05) is 17.8 Å². The molecule has 22 heavy (non-hydrogen) atoms. The van der Waals surface area contributed by atoms with Crippen molar-refractivity contribution in [1.82, 2.24) is 20.2 Å². The zero-order valence-corrected chi connectivity index (χ0v) is 12.2. The standard InChI is InChI=1S/C12H12N6O3S/c19-11(13-8-2-1-3-10(6-8)18(20)21)7-22-12-14-15-16-17(12)9-4-5-9/h1-3,6,9H,4-5,7H2,(H,13,19). The van der Waals surface area contributed by atoms with E-state index in [-0.39, 0.29) is 17.3 Å². The van der Waals surface area contributed by atoms with Crippen LogP contribution in [0.3, 0.4) is 0 Å². The van der Waals surface area contributed by atoms with E-state index >= 15 is 0 Å². The molecule has 1 saturated carbocycles. The fourth-order valence-electron chi connectivity index (χ4n) is 1.85. The largest absolute Gasteiger partial charge is 0.325 e. The van der Waals surface area contributed by atoms with Gasteiger partial charge in [0.25, 0.3) is 5.69 Å². The van der Waals surface area contributed by atoms with Crippen molar-refractivity contribution in [3.63, 3.8) is 0 Å². The van der Waals surface area contributed by atoms with Crippen LogP contribution in [0.25, 0.3) is 0 Å². The molecule has 0 unspecified atom stereocenters. The highest BCUT2D eigenvalue weighted by Crippen LogP contribution is 2.36. The van der Waals surface area contributed by atoms with Gasteiger partial charge in [-0.15, -0.1) is 5.10 Å². The lowest BCUT2D eigenvalue weighted by Gasteiger charge is -2.05. The molecule has 1 aromatic carbocycles. The van der Waals surface area contributed by atoms with Gasteiger partial charge in [-0.3, -0.25) is 14.9 Å². The Balaban J connectivity index is 1.57. The Morgan fingerprint density at radius 2 is 2.32 bits per heavy atom. The van der Waals surface area contributed by atoms with Crippen LogP contribution < -0.4 is 5.32 Å². The minimum absolute atomic E-state index is 0.0665. The molecule has 1 aromatic heterocycles. The molecule has 1 fully saturated rings. The summed E-state index contributed by atoms with van der Waals surface area (Å²) in [5, 5.41) is 25.3. The molecule has 1 heterocycles. The number of amides is 1. The molecule has 3 rings (SSSR count). The van der Waals surface area contributed by atoms with Crippen molar-refractivity contribution in [1.29, 1.82) is 0 Å². The Bertz CT molecular complexity index is 714. The van der Waals surface area contributed by atoms with Crippen LogP contribution in [-0.2, 0) is 4.79 Å². The summed E-state index contributed by atoms with van der Waals surface area (Å²) in [6.45, 7) is 0. The second-order valence-electron chi connectivity index (χ2n) is 4.78. The van der Waals surface area contributed by atoms with Gasteiger partial charge in [-0.25, -0.2) is 4.68 Å². The van der Waals surface area contributed by atoms with Crippen molar-refractivity contribution < 1.29 is 9.72 Å².